The van der Waals surface area contributed by atoms with E-state index < -0.39 is 5.60 Å². The van der Waals surface area contributed by atoms with Gasteiger partial charge in [0.1, 0.15) is 17.6 Å². The maximum atomic E-state index is 12.1. The lowest BCUT2D eigenvalue weighted by molar-refractivity contribution is 0.0237. The van der Waals surface area contributed by atoms with Crippen molar-refractivity contribution >= 4 is 23.5 Å². The molecule has 0 saturated carbocycles. The van der Waals surface area contributed by atoms with Crippen LogP contribution in [0, 0.1) is 0 Å². The van der Waals surface area contributed by atoms with Crippen molar-refractivity contribution in [2.75, 3.05) is 13.1 Å². The number of hydrogen-bond donors (Lipinski definition) is 0. The summed E-state index contributed by atoms with van der Waals surface area (Å²) < 4.78 is 11.0. The minimum Gasteiger partial charge on any atom is -0.444 e. The molecule has 2 aromatic rings. The van der Waals surface area contributed by atoms with E-state index in [0.29, 0.717) is 19.0 Å². The van der Waals surface area contributed by atoms with Crippen molar-refractivity contribution in [3.05, 3.63) is 35.0 Å². The lowest BCUT2D eigenvalue weighted by Crippen LogP contribution is -2.40. The van der Waals surface area contributed by atoms with Gasteiger partial charge in [-0.2, -0.15) is 0 Å². The first-order valence-electron chi connectivity index (χ1n) is 8.07. The van der Waals surface area contributed by atoms with Gasteiger partial charge >= 0.3 is 6.09 Å². The molecule has 1 amide bonds. The molecule has 3 rings (SSSR count). The van der Waals surface area contributed by atoms with Crippen LogP contribution in [0.4, 0.5) is 4.79 Å². The van der Waals surface area contributed by atoms with Gasteiger partial charge in [0.15, 0.2) is 0 Å². The maximum absolute atomic E-state index is 12.1. The molecule has 0 N–H and O–H groups in total. The minimum atomic E-state index is -0.452. The Morgan fingerprint density at radius 3 is 2.75 bits per heavy atom. The van der Waals surface area contributed by atoms with Gasteiger partial charge in [0.2, 0.25) is 5.89 Å². The van der Waals surface area contributed by atoms with Gasteiger partial charge in [0, 0.05) is 13.1 Å². The van der Waals surface area contributed by atoms with Crippen LogP contribution >= 0.6 is 11.3 Å². The van der Waals surface area contributed by atoms with E-state index in [4.69, 9.17) is 9.15 Å². The van der Waals surface area contributed by atoms with Gasteiger partial charge in [-0.1, -0.05) is 11.6 Å². The number of likely N-dealkylation sites (tertiary alicyclic amines) is 1. The summed E-state index contributed by atoms with van der Waals surface area (Å²) in [5.41, 5.74) is 1.66. The van der Waals surface area contributed by atoms with Gasteiger partial charge in [0.05, 0.1) is 4.88 Å². The molecule has 0 aliphatic carbocycles. The number of rotatable bonds is 2. The minimum absolute atomic E-state index is 0.233. The zero-order valence-electron chi connectivity index (χ0n) is 14.2. The first-order chi connectivity index (χ1) is 11.4. The van der Waals surface area contributed by atoms with Crippen LogP contribution in [0.15, 0.2) is 33.8 Å². The van der Waals surface area contributed by atoms with E-state index in [-0.39, 0.29) is 6.09 Å². The quantitative estimate of drug-likeness (QED) is 0.782. The smallest absolute Gasteiger partial charge is 0.410 e. The third kappa shape index (κ3) is 4.26. The molecule has 0 spiro atoms. The number of aromatic nitrogens is 1. The molecular formula is C18H22N2O3S. The number of nitrogens with zero attached hydrogens (tertiary/aromatic N) is 2. The van der Waals surface area contributed by atoms with Gasteiger partial charge in [-0.05, 0) is 51.1 Å². The van der Waals surface area contributed by atoms with Crippen molar-refractivity contribution in [2.24, 2.45) is 0 Å². The molecule has 6 heteroatoms. The summed E-state index contributed by atoms with van der Waals surface area (Å²) in [5.74, 6) is 0.656. The van der Waals surface area contributed by atoms with E-state index in [1.54, 1.807) is 22.5 Å². The molecule has 0 unspecified atom stereocenters. The molecule has 0 radical (unpaired) electrons. The van der Waals surface area contributed by atoms with Crippen molar-refractivity contribution in [1.82, 2.24) is 9.88 Å². The number of piperidine rings is 1. The molecule has 0 atom stereocenters. The lowest BCUT2D eigenvalue weighted by Gasteiger charge is -2.30. The van der Waals surface area contributed by atoms with Crippen LogP contribution in [0.5, 0.6) is 0 Å². The lowest BCUT2D eigenvalue weighted by atomic mass is 10.0. The van der Waals surface area contributed by atoms with Crippen molar-refractivity contribution in [3.63, 3.8) is 0 Å². The summed E-state index contributed by atoms with van der Waals surface area (Å²) in [5, 5.41) is 2.00. The van der Waals surface area contributed by atoms with Crippen molar-refractivity contribution in [1.29, 1.82) is 0 Å². The number of carbonyl (C=O) groups excluding carboxylic acids is 1. The molecular weight excluding hydrogens is 324 g/mol. The summed E-state index contributed by atoms with van der Waals surface area (Å²) in [6.07, 6.45) is 5.18. The van der Waals surface area contributed by atoms with Crippen LogP contribution in [0.25, 0.3) is 16.8 Å². The second-order valence-corrected chi connectivity index (χ2v) is 7.77. The molecule has 1 aliphatic rings. The molecule has 3 heterocycles. The molecule has 0 bridgehead atoms. The average Bonchev–Trinajstić information content (AvgIpc) is 3.16. The Morgan fingerprint density at radius 2 is 2.12 bits per heavy atom. The number of ether oxygens (including phenoxy) is 1. The Morgan fingerprint density at radius 1 is 1.38 bits per heavy atom. The van der Waals surface area contributed by atoms with E-state index >= 15 is 0 Å². The molecule has 24 heavy (non-hydrogen) atoms. The highest BCUT2D eigenvalue weighted by atomic mass is 32.1. The molecule has 1 aliphatic heterocycles. The molecule has 1 fully saturated rings. The fourth-order valence-corrected chi connectivity index (χ4v) is 3.18. The summed E-state index contributed by atoms with van der Waals surface area (Å²) in [6, 6.07) is 3.97. The van der Waals surface area contributed by atoms with Gasteiger partial charge in [-0.3, -0.25) is 0 Å². The van der Waals surface area contributed by atoms with Gasteiger partial charge in [-0.15, -0.1) is 11.3 Å². The predicted octanol–water partition coefficient (Wildman–Crippen LogP) is 4.82. The van der Waals surface area contributed by atoms with Gasteiger partial charge in [0.25, 0.3) is 0 Å². The largest absolute Gasteiger partial charge is 0.444 e. The fraction of sp³-hybridized carbons (Fsp3) is 0.444. The summed E-state index contributed by atoms with van der Waals surface area (Å²) in [4.78, 5) is 19.4. The van der Waals surface area contributed by atoms with E-state index in [2.05, 4.69) is 11.1 Å². The number of thiophene rings is 1. The summed E-state index contributed by atoms with van der Waals surface area (Å²) in [7, 11) is 0. The van der Waals surface area contributed by atoms with E-state index in [1.165, 1.54) is 5.57 Å². The van der Waals surface area contributed by atoms with E-state index in [1.807, 2.05) is 38.3 Å². The molecule has 2 aromatic heterocycles. The van der Waals surface area contributed by atoms with Crippen LogP contribution in [-0.2, 0) is 4.74 Å². The number of amides is 1. The third-order valence-corrected chi connectivity index (χ3v) is 4.52. The number of carbonyl (C=O) groups is 1. The van der Waals surface area contributed by atoms with Crippen molar-refractivity contribution < 1.29 is 13.9 Å². The number of hydrogen-bond acceptors (Lipinski definition) is 5. The summed E-state index contributed by atoms with van der Waals surface area (Å²) in [6.45, 7) is 7.01. The Kier molecular flexibility index (Phi) is 4.76. The maximum Gasteiger partial charge on any atom is 0.410 e. The highest BCUT2D eigenvalue weighted by Crippen LogP contribution is 2.26. The Hall–Kier alpha value is -2.08. The molecule has 128 valence electrons. The monoisotopic (exact) mass is 346 g/mol. The highest BCUT2D eigenvalue weighted by Gasteiger charge is 2.24. The van der Waals surface area contributed by atoms with Crippen LogP contribution in [0.3, 0.4) is 0 Å². The average molecular weight is 346 g/mol. The summed E-state index contributed by atoms with van der Waals surface area (Å²) >= 11 is 1.61. The SMILES string of the molecule is CC(C)(C)OC(=O)N1CCC(=Cc2coc(-c3cccs3)n2)CC1. The highest BCUT2D eigenvalue weighted by molar-refractivity contribution is 7.13. The zero-order valence-corrected chi connectivity index (χ0v) is 15.1. The predicted molar refractivity (Wildman–Crippen MR) is 94.8 cm³/mol. The molecule has 1 saturated heterocycles. The second-order valence-electron chi connectivity index (χ2n) is 6.82. The number of oxazole rings is 1. The topological polar surface area (TPSA) is 55.6 Å². The molecule has 0 aromatic carbocycles. The first-order valence-corrected chi connectivity index (χ1v) is 8.95. The Bertz CT molecular complexity index is 716. The van der Waals surface area contributed by atoms with Gasteiger partial charge in [-0.25, -0.2) is 9.78 Å². The van der Waals surface area contributed by atoms with Crippen molar-refractivity contribution in [3.8, 4) is 10.8 Å². The second kappa shape index (κ2) is 6.81. The van der Waals surface area contributed by atoms with Crippen LogP contribution in [0.1, 0.15) is 39.3 Å². The Balaban J connectivity index is 1.58. The normalized spacial score (nSPS) is 15.5. The molecule has 5 nitrogen and oxygen atoms in total. The van der Waals surface area contributed by atoms with Gasteiger partial charge < -0.3 is 14.1 Å². The fourth-order valence-electron chi connectivity index (χ4n) is 2.52. The van der Waals surface area contributed by atoms with Crippen molar-refractivity contribution in [2.45, 2.75) is 39.2 Å². The first kappa shape index (κ1) is 16.8. The standard InChI is InChI=1S/C18H22N2O3S/c1-18(2,3)23-17(21)20-8-6-13(7-9-20)11-14-12-22-16(19-14)15-5-4-10-24-15/h4-5,10-12H,6-9H2,1-3H3. The van der Waals surface area contributed by atoms with E-state index in [9.17, 15) is 4.79 Å². The zero-order chi connectivity index (χ0) is 17.2. The Labute approximate surface area is 145 Å². The van der Waals surface area contributed by atoms with Crippen LogP contribution in [0.2, 0.25) is 0 Å². The van der Waals surface area contributed by atoms with E-state index in [0.717, 1.165) is 23.4 Å². The third-order valence-electron chi connectivity index (χ3n) is 3.66. The van der Waals surface area contributed by atoms with Crippen LogP contribution in [-0.4, -0.2) is 34.7 Å². The van der Waals surface area contributed by atoms with Crippen LogP contribution < -0.4 is 0 Å².